The topological polar surface area (TPSA) is 39.1 Å². The molecule has 14 heavy (non-hydrogen) atoms. The number of carbonyl (C=O) groups excluding carboxylic acids is 2. The zero-order valence-corrected chi connectivity index (χ0v) is 7.86. The number of aromatic nitrogens is 1. The third-order valence-corrected chi connectivity index (χ3v) is 2.50. The van der Waals surface area contributed by atoms with E-state index >= 15 is 0 Å². The van der Waals surface area contributed by atoms with Gasteiger partial charge in [-0.15, -0.1) is 0 Å². The molecule has 1 aromatic heterocycles. The van der Waals surface area contributed by atoms with Crippen molar-refractivity contribution in [2.75, 3.05) is 0 Å². The Labute approximate surface area is 84.9 Å². The Balaban J connectivity index is 2.98. The van der Waals surface area contributed by atoms with Crippen molar-refractivity contribution in [2.45, 2.75) is 0 Å². The Morgan fingerprint density at radius 3 is 2.57 bits per heavy atom. The van der Waals surface area contributed by atoms with E-state index in [2.05, 4.69) is 0 Å². The molecule has 0 unspecified atom stereocenters. The number of benzene rings is 1. The van der Waals surface area contributed by atoms with Gasteiger partial charge in [-0.1, -0.05) is 29.8 Å². The first kappa shape index (κ1) is 8.97. The molecule has 0 aliphatic heterocycles. The molecule has 1 heterocycles. The third kappa shape index (κ3) is 1.06. The largest absolute Gasteiger partial charge is 0.296 e. The average molecular weight is 208 g/mol. The molecule has 3 nitrogen and oxygen atoms in total. The fraction of sp³-hybridized carbons (Fsp3) is 0. The Hall–Kier alpha value is -1.61. The number of halogens is 1. The minimum absolute atomic E-state index is 0.197. The van der Waals surface area contributed by atoms with E-state index in [0.29, 0.717) is 28.6 Å². The lowest BCUT2D eigenvalue weighted by molar-refractivity contribution is 0.111. The second-order valence-corrected chi connectivity index (χ2v) is 3.19. The monoisotopic (exact) mass is 207 g/mol. The van der Waals surface area contributed by atoms with Gasteiger partial charge in [0.15, 0.2) is 6.29 Å². The molecule has 0 aliphatic rings. The van der Waals surface area contributed by atoms with Crippen molar-refractivity contribution >= 4 is 35.2 Å². The van der Waals surface area contributed by atoms with Crippen LogP contribution < -0.4 is 0 Å². The van der Waals surface area contributed by atoms with Gasteiger partial charge in [-0.2, -0.15) is 0 Å². The number of fused-ring (bicyclic) bond motifs is 1. The fourth-order valence-corrected chi connectivity index (χ4v) is 1.76. The molecule has 2 rings (SSSR count). The second-order valence-electron chi connectivity index (χ2n) is 2.81. The van der Waals surface area contributed by atoms with Crippen LogP contribution in [0.15, 0.2) is 24.3 Å². The molecule has 4 heteroatoms. The number of para-hydroxylation sites is 1. The number of aldehydes is 1. The molecule has 1 aromatic carbocycles. The molecule has 0 amide bonds. The van der Waals surface area contributed by atoms with E-state index < -0.39 is 0 Å². The van der Waals surface area contributed by atoms with Crippen LogP contribution in [0, 0.1) is 0 Å². The van der Waals surface area contributed by atoms with Gasteiger partial charge in [0.2, 0.25) is 6.41 Å². The van der Waals surface area contributed by atoms with Gasteiger partial charge in [0.25, 0.3) is 0 Å². The standard InChI is InChI=1S/C10H6ClNO2/c11-10-7-3-1-2-4-8(7)12(6-14)9(10)5-13/h1-6H. The highest BCUT2D eigenvalue weighted by Crippen LogP contribution is 2.28. The molecule has 0 atom stereocenters. The van der Waals surface area contributed by atoms with E-state index in [1.165, 1.54) is 4.57 Å². The Bertz CT molecular complexity index is 516. The molecular weight excluding hydrogens is 202 g/mol. The minimum Gasteiger partial charge on any atom is -0.296 e. The number of nitrogens with zero attached hydrogens (tertiary/aromatic N) is 1. The summed E-state index contributed by atoms with van der Waals surface area (Å²) in [4.78, 5) is 21.5. The highest BCUT2D eigenvalue weighted by molar-refractivity contribution is 6.38. The quantitative estimate of drug-likeness (QED) is 0.708. The molecule has 2 aromatic rings. The van der Waals surface area contributed by atoms with Gasteiger partial charge >= 0.3 is 0 Å². The maximum Gasteiger partial charge on any atom is 0.218 e. The number of hydrogen-bond donors (Lipinski definition) is 0. The molecule has 0 spiro atoms. The highest BCUT2D eigenvalue weighted by atomic mass is 35.5. The number of carbonyl (C=O) groups is 2. The predicted molar refractivity (Wildman–Crippen MR) is 54.5 cm³/mol. The first-order valence-electron chi connectivity index (χ1n) is 3.98. The van der Waals surface area contributed by atoms with Crippen LogP contribution in [0.1, 0.15) is 10.5 Å². The second kappa shape index (κ2) is 3.27. The van der Waals surface area contributed by atoms with E-state index in [0.717, 1.165) is 0 Å². The summed E-state index contributed by atoms with van der Waals surface area (Å²) >= 11 is 5.93. The molecule has 70 valence electrons. The Morgan fingerprint density at radius 1 is 1.21 bits per heavy atom. The van der Waals surface area contributed by atoms with Crippen LogP contribution in [0.25, 0.3) is 10.9 Å². The normalized spacial score (nSPS) is 10.4. The molecule has 0 radical (unpaired) electrons. The van der Waals surface area contributed by atoms with Crippen LogP contribution >= 0.6 is 11.6 Å². The van der Waals surface area contributed by atoms with Crippen LogP contribution in [0.5, 0.6) is 0 Å². The molecular formula is C10H6ClNO2. The highest BCUT2D eigenvalue weighted by Gasteiger charge is 2.13. The summed E-state index contributed by atoms with van der Waals surface area (Å²) in [5.41, 5.74) is 0.845. The van der Waals surface area contributed by atoms with Gasteiger partial charge in [0, 0.05) is 5.39 Å². The van der Waals surface area contributed by atoms with Crippen molar-refractivity contribution in [1.29, 1.82) is 0 Å². The van der Waals surface area contributed by atoms with Gasteiger partial charge in [-0.05, 0) is 6.07 Å². The van der Waals surface area contributed by atoms with Gasteiger partial charge < -0.3 is 0 Å². The first-order chi connectivity index (χ1) is 6.79. The van der Waals surface area contributed by atoms with Crippen molar-refractivity contribution in [3.05, 3.63) is 35.0 Å². The van der Waals surface area contributed by atoms with Crippen LogP contribution in [0.2, 0.25) is 5.02 Å². The van der Waals surface area contributed by atoms with Crippen molar-refractivity contribution in [1.82, 2.24) is 4.57 Å². The summed E-state index contributed by atoms with van der Waals surface area (Å²) < 4.78 is 1.24. The van der Waals surface area contributed by atoms with Crippen LogP contribution in [0.3, 0.4) is 0 Å². The first-order valence-corrected chi connectivity index (χ1v) is 4.36. The fourth-order valence-electron chi connectivity index (χ4n) is 1.46. The number of rotatable bonds is 2. The van der Waals surface area contributed by atoms with Gasteiger partial charge in [0.1, 0.15) is 5.69 Å². The lowest BCUT2D eigenvalue weighted by Gasteiger charge is -1.93. The van der Waals surface area contributed by atoms with Gasteiger partial charge in [-0.25, -0.2) is 0 Å². The van der Waals surface area contributed by atoms with E-state index in [1.54, 1.807) is 24.3 Å². The van der Waals surface area contributed by atoms with Gasteiger partial charge in [0.05, 0.1) is 10.5 Å². The third-order valence-electron chi connectivity index (χ3n) is 2.10. The Kier molecular flexibility index (Phi) is 2.09. The summed E-state index contributed by atoms with van der Waals surface area (Å²) in [5, 5.41) is 1.03. The van der Waals surface area contributed by atoms with Crippen LogP contribution in [-0.4, -0.2) is 17.3 Å². The maximum absolute atomic E-state index is 10.8. The van der Waals surface area contributed by atoms with Gasteiger partial charge in [-0.3, -0.25) is 14.2 Å². The van der Waals surface area contributed by atoms with E-state index in [4.69, 9.17) is 11.6 Å². The molecule has 0 bridgehead atoms. The van der Waals surface area contributed by atoms with E-state index in [1.807, 2.05) is 0 Å². The lowest BCUT2D eigenvalue weighted by Crippen LogP contribution is -1.99. The maximum atomic E-state index is 10.8. The zero-order valence-electron chi connectivity index (χ0n) is 7.11. The molecule has 0 fully saturated rings. The van der Waals surface area contributed by atoms with Crippen molar-refractivity contribution in [3.8, 4) is 0 Å². The van der Waals surface area contributed by atoms with Crippen molar-refractivity contribution in [2.24, 2.45) is 0 Å². The summed E-state index contributed by atoms with van der Waals surface area (Å²) in [6.07, 6.45) is 1.16. The zero-order chi connectivity index (χ0) is 10.1. The lowest BCUT2D eigenvalue weighted by atomic mass is 10.2. The summed E-state index contributed by atoms with van der Waals surface area (Å²) in [5.74, 6) is 0. The summed E-state index contributed by atoms with van der Waals surface area (Å²) in [6, 6.07) is 7.10. The Morgan fingerprint density at radius 2 is 1.93 bits per heavy atom. The smallest absolute Gasteiger partial charge is 0.218 e. The SMILES string of the molecule is O=Cc1c(Cl)c2ccccc2n1C=O. The van der Waals surface area contributed by atoms with E-state index in [-0.39, 0.29) is 5.69 Å². The van der Waals surface area contributed by atoms with Crippen LogP contribution in [0.4, 0.5) is 0 Å². The molecule has 0 saturated heterocycles. The molecule has 0 aliphatic carbocycles. The van der Waals surface area contributed by atoms with Crippen molar-refractivity contribution < 1.29 is 9.59 Å². The van der Waals surface area contributed by atoms with E-state index in [9.17, 15) is 9.59 Å². The summed E-state index contributed by atoms with van der Waals surface area (Å²) in [7, 11) is 0. The summed E-state index contributed by atoms with van der Waals surface area (Å²) in [6.45, 7) is 0. The minimum atomic E-state index is 0.197. The molecule has 0 N–H and O–H groups in total. The van der Waals surface area contributed by atoms with Crippen LogP contribution in [-0.2, 0) is 4.79 Å². The predicted octanol–water partition coefficient (Wildman–Crippen LogP) is 2.15. The average Bonchev–Trinajstić information content (AvgIpc) is 2.51. The van der Waals surface area contributed by atoms with Crippen molar-refractivity contribution in [3.63, 3.8) is 0 Å². The number of hydrogen-bond acceptors (Lipinski definition) is 2. The molecule has 0 saturated carbocycles.